The summed E-state index contributed by atoms with van der Waals surface area (Å²) in [6.07, 6.45) is 2.11. The van der Waals surface area contributed by atoms with Gasteiger partial charge in [0.1, 0.15) is 10.0 Å². The molecule has 0 bridgehead atoms. The molecule has 82 valence electrons. The van der Waals surface area contributed by atoms with Gasteiger partial charge in [0.05, 0.1) is 12.1 Å². The summed E-state index contributed by atoms with van der Waals surface area (Å²) >= 11 is 2.09. The number of ether oxygens (including phenoxy) is 1. The molecule has 3 unspecified atom stereocenters. The molecule has 4 heteroatoms. The molecule has 0 aromatic rings. The first-order valence-corrected chi connectivity index (χ1v) is 6.43. The topological polar surface area (TPSA) is 42.9 Å². The molecule has 3 atom stereocenters. The van der Waals surface area contributed by atoms with E-state index in [0.29, 0.717) is 12.1 Å². The van der Waals surface area contributed by atoms with Crippen molar-refractivity contribution in [3.63, 3.8) is 0 Å². The fraction of sp³-hybridized carbons (Fsp3) is 0.900. The first-order valence-electron chi connectivity index (χ1n) is 5.18. The number of carbonyl (C=O) groups is 1. The molecule has 14 heavy (non-hydrogen) atoms. The maximum atomic E-state index is 11.4. The molecule has 1 saturated heterocycles. The molecular weight excluding hydrogens is 293 g/mol. The van der Waals surface area contributed by atoms with Gasteiger partial charge >= 0.3 is 5.97 Å². The molecule has 0 radical (unpaired) electrons. The third-order valence-corrected chi connectivity index (χ3v) is 3.04. The van der Waals surface area contributed by atoms with Gasteiger partial charge in [-0.3, -0.25) is 4.79 Å². The maximum absolute atomic E-state index is 11.4. The maximum Gasteiger partial charge on any atom is 0.318 e. The van der Waals surface area contributed by atoms with Gasteiger partial charge in [0.15, 0.2) is 0 Å². The Morgan fingerprint density at radius 1 is 1.43 bits per heavy atom. The second-order valence-electron chi connectivity index (χ2n) is 4.29. The first kappa shape index (κ1) is 12.2. The van der Waals surface area contributed by atoms with Crippen LogP contribution in [-0.2, 0) is 9.53 Å². The summed E-state index contributed by atoms with van der Waals surface area (Å²) in [6.45, 7) is 6.23. The summed E-state index contributed by atoms with van der Waals surface area (Å²) in [5.41, 5.74) is 0. The van der Waals surface area contributed by atoms with Gasteiger partial charge in [-0.05, 0) is 20.8 Å². The van der Waals surface area contributed by atoms with Crippen molar-refractivity contribution in [2.45, 2.75) is 55.7 Å². The Kier molecular flexibility index (Phi) is 4.63. The number of alkyl halides is 1. The Bertz CT molecular complexity index is 198. The summed E-state index contributed by atoms with van der Waals surface area (Å²) in [7, 11) is 0. The molecule has 0 spiro atoms. The third-order valence-electron chi connectivity index (χ3n) is 2.53. The smallest absolute Gasteiger partial charge is 0.318 e. The lowest BCUT2D eigenvalue weighted by Gasteiger charge is -2.29. The largest absolute Gasteiger partial charge is 0.461 e. The molecule has 1 heterocycles. The number of esters is 1. The molecular formula is C10H19INO2+. The monoisotopic (exact) mass is 312 g/mol. The van der Waals surface area contributed by atoms with Crippen LogP contribution in [0, 0.1) is 0 Å². The molecule has 0 aliphatic carbocycles. The van der Waals surface area contributed by atoms with E-state index in [4.69, 9.17) is 4.74 Å². The van der Waals surface area contributed by atoms with E-state index in [1.54, 1.807) is 0 Å². The van der Waals surface area contributed by atoms with Crippen molar-refractivity contribution in [1.29, 1.82) is 0 Å². The van der Waals surface area contributed by atoms with E-state index in [1.165, 1.54) is 0 Å². The van der Waals surface area contributed by atoms with E-state index in [2.05, 4.69) is 41.8 Å². The van der Waals surface area contributed by atoms with E-state index in [0.717, 1.165) is 12.8 Å². The van der Waals surface area contributed by atoms with E-state index in [-0.39, 0.29) is 16.0 Å². The Balaban J connectivity index is 2.40. The zero-order chi connectivity index (χ0) is 10.7. The molecule has 0 saturated carbocycles. The molecule has 1 fully saturated rings. The van der Waals surface area contributed by atoms with Gasteiger partial charge in [-0.2, -0.15) is 0 Å². The van der Waals surface area contributed by atoms with Crippen LogP contribution in [0.5, 0.6) is 0 Å². The summed E-state index contributed by atoms with van der Waals surface area (Å²) < 4.78 is 5.39. The lowest BCUT2D eigenvalue weighted by atomic mass is 9.98. The van der Waals surface area contributed by atoms with Crippen LogP contribution in [0.4, 0.5) is 0 Å². The zero-order valence-electron chi connectivity index (χ0n) is 9.00. The number of rotatable bonds is 2. The number of hydrogen-bond donors (Lipinski definition) is 1. The normalized spacial score (nSPS) is 35.0. The van der Waals surface area contributed by atoms with E-state index >= 15 is 0 Å². The second-order valence-corrected chi connectivity index (χ2v) is 6.16. The third kappa shape index (κ3) is 3.73. The highest BCUT2D eigenvalue weighted by Crippen LogP contribution is 2.14. The van der Waals surface area contributed by atoms with Gasteiger partial charge in [-0.15, -0.1) is 0 Å². The SMILES string of the molecule is CC1CC(OC(=O)C(C)I)CC(C)[NH2+]1. The van der Waals surface area contributed by atoms with Crippen molar-refractivity contribution in [2.24, 2.45) is 0 Å². The standard InChI is InChI=1S/C10H18INO2/c1-6-4-9(5-7(2)12-6)14-10(13)8(3)11/h6-9,12H,4-5H2,1-3H3/p+1. The summed E-state index contributed by atoms with van der Waals surface area (Å²) in [5.74, 6) is -0.0723. The first-order chi connectivity index (χ1) is 6.49. The predicted octanol–water partition coefficient (Wildman–Crippen LogP) is 0.856. The lowest BCUT2D eigenvalue weighted by molar-refractivity contribution is -0.726. The van der Waals surface area contributed by atoms with Crippen LogP contribution in [0.25, 0.3) is 0 Å². The van der Waals surface area contributed by atoms with Crippen molar-refractivity contribution in [3.8, 4) is 0 Å². The van der Waals surface area contributed by atoms with Crippen LogP contribution in [0.15, 0.2) is 0 Å². The quantitative estimate of drug-likeness (QED) is 0.467. The number of quaternary nitrogens is 1. The zero-order valence-corrected chi connectivity index (χ0v) is 11.2. The van der Waals surface area contributed by atoms with Crippen LogP contribution >= 0.6 is 22.6 Å². The number of carbonyl (C=O) groups excluding carboxylic acids is 1. The second kappa shape index (κ2) is 5.30. The molecule has 3 nitrogen and oxygen atoms in total. The molecule has 1 aliphatic rings. The van der Waals surface area contributed by atoms with Gasteiger partial charge in [-0.1, -0.05) is 22.6 Å². The van der Waals surface area contributed by atoms with Crippen LogP contribution in [0.2, 0.25) is 0 Å². The number of piperidine rings is 1. The fourth-order valence-electron chi connectivity index (χ4n) is 2.00. The summed E-state index contributed by atoms with van der Waals surface area (Å²) in [5, 5.41) is 2.35. The average Bonchev–Trinajstić information content (AvgIpc) is 2.01. The molecule has 1 aliphatic heterocycles. The Hall–Kier alpha value is 0.160. The predicted molar refractivity (Wildman–Crippen MR) is 63.4 cm³/mol. The minimum Gasteiger partial charge on any atom is -0.461 e. The van der Waals surface area contributed by atoms with Gasteiger partial charge in [0, 0.05) is 12.8 Å². The van der Waals surface area contributed by atoms with Crippen LogP contribution in [-0.4, -0.2) is 28.1 Å². The van der Waals surface area contributed by atoms with Gasteiger partial charge < -0.3 is 10.1 Å². The highest BCUT2D eigenvalue weighted by molar-refractivity contribution is 14.1. The summed E-state index contributed by atoms with van der Waals surface area (Å²) in [4.78, 5) is 11.4. The number of hydrogen-bond acceptors (Lipinski definition) is 2. The molecule has 0 aromatic carbocycles. The number of halogens is 1. The molecule has 0 amide bonds. The Morgan fingerprint density at radius 3 is 2.36 bits per heavy atom. The molecule has 0 aromatic heterocycles. The van der Waals surface area contributed by atoms with Gasteiger partial charge in [0.25, 0.3) is 0 Å². The minimum atomic E-state index is -0.0723. The molecule has 1 rings (SSSR count). The van der Waals surface area contributed by atoms with Gasteiger partial charge in [0.2, 0.25) is 0 Å². The van der Waals surface area contributed by atoms with Crippen molar-refractivity contribution in [2.75, 3.05) is 0 Å². The van der Waals surface area contributed by atoms with Crippen molar-refractivity contribution < 1.29 is 14.8 Å². The van der Waals surface area contributed by atoms with Crippen LogP contribution < -0.4 is 5.32 Å². The minimum absolute atomic E-state index is 0.0379. The fourth-order valence-corrected chi connectivity index (χ4v) is 2.14. The van der Waals surface area contributed by atoms with E-state index in [1.807, 2.05) is 6.92 Å². The highest BCUT2D eigenvalue weighted by Gasteiger charge is 2.29. The van der Waals surface area contributed by atoms with E-state index < -0.39 is 0 Å². The Labute approximate surface area is 99.1 Å². The number of nitrogens with two attached hydrogens (primary N) is 1. The van der Waals surface area contributed by atoms with Crippen molar-refractivity contribution in [1.82, 2.24) is 0 Å². The van der Waals surface area contributed by atoms with Crippen LogP contribution in [0.3, 0.4) is 0 Å². The molecule has 2 N–H and O–H groups in total. The highest BCUT2D eigenvalue weighted by atomic mass is 127. The average molecular weight is 312 g/mol. The van der Waals surface area contributed by atoms with Crippen molar-refractivity contribution in [3.05, 3.63) is 0 Å². The van der Waals surface area contributed by atoms with Gasteiger partial charge in [-0.25, -0.2) is 0 Å². The summed E-state index contributed by atoms with van der Waals surface area (Å²) in [6, 6.07) is 1.14. The Morgan fingerprint density at radius 2 is 1.93 bits per heavy atom. The van der Waals surface area contributed by atoms with Crippen molar-refractivity contribution >= 4 is 28.6 Å². The van der Waals surface area contributed by atoms with E-state index in [9.17, 15) is 4.79 Å². The van der Waals surface area contributed by atoms with Crippen LogP contribution in [0.1, 0.15) is 33.6 Å². The lowest BCUT2D eigenvalue weighted by Crippen LogP contribution is -2.96.